The van der Waals surface area contributed by atoms with Crippen LogP contribution in [0.15, 0.2) is 18.3 Å². The number of pyridine rings is 1. The van der Waals surface area contributed by atoms with Crippen molar-refractivity contribution in [2.24, 2.45) is 5.73 Å². The van der Waals surface area contributed by atoms with Gasteiger partial charge in [0.2, 0.25) is 5.91 Å². The van der Waals surface area contributed by atoms with E-state index in [0.717, 1.165) is 5.69 Å². The van der Waals surface area contributed by atoms with Crippen molar-refractivity contribution in [1.29, 1.82) is 0 Å². The first-order valence-corrected chi connectivity index (χ1v) is 5.13. The van der Waals surface area contributed by atoms with E-state index in [2.05, 4.69) is 10.3 Å². The fourth-order valence-electron chi connectivity index (χ4n) is 1.27. The summed E-state index contributed by atoms with van der Waals surface area (Å²) in [6.45, 7) is 0.234. The fourth-order valence-corrected chi connectivity index (χ4v) is 1.43. The normalized spacial score (nSPS) is 9.62. The van der Waals surface area contributed by atoms with Crippen molar-refractivity contribution in [3.63, 3.8) is 0 Å². The number of carbonyl (C=O) groups excluding carboxylic acids is 1. The largest absolute Gasteiger partial charge is 0.388 e. The number of anilines is 1. The number of carbonyl (C=O) groups is 1. The summed E-state index contributed by atoms with van der Waals surface area (Å²) in [5.41, 5.74) is 6.84. The molecule has 3 N–H and O–H groups in total. The van der Waals surface area contributed by atoms with Crippen molar-refractivity contribution in [2.45, 2.75) is 0 Å². The molecule has 1 rings (SSSR count). The Labute approximate surface area is 99.6 Å². The second-order valence-electron chi connectivity index (χ2n) is 3.26. The predicted octanol–water partition coefficient (Wildman–Crippen LogP) is -0.102. The van der Waals surface area contributed by atoms with Crippen LogP contribution in [0, 0.1) is 0 Å². The van der Waals surface area contributed by atoms with Crippen molar-refractivity contribution in [1.82, 2.24) is 10.3 Å². The monoisotopic (exact) mass is 238 g/mol. The average Bonchev–Trinajstić information content (AvgIpc) is 2.28. The molecule has 0 aromatic carbocycles. The molecule has 0 saturated carbocycles. The van der Waals surface area contributed by atoms with Gasteiger partial charge in [-0.1, -0.05) is 12.2 Å². The minimum absolute atomic E-state index is 0.0831. The highest BCUT2D eigenvalue weighted by molar-refractivity contribution is 7.80. The van der Waals surface area contributed by atoms with Crippen LogP contribution < -0.4 is 16.0 Å². The Balaban J connectivity index is 2.94. The summed E-state index contributed by atoms with van der Waals surface area (Å²) in [7, 11) is 3.38. The third-order valence-corrected chi connectivity index (χ3v) is 2.28. The van der Waals surface area contributed by atoms with Gasteiger partial charge in [-0.3, -0.25) is 9.78 Å². The molecule has 6 heteroatoms. The van der Waals surface area contributed by atoms with E-state index in [9.17, 15) is 4.79 Å². The molecule has 0 radical (unpaired) electrons. The number of thiocarbonyl (C=S) groups is 1. The molecule has 1 aromatic heterocycles. The number of nitrogens with one attached hydrogen (secondary N) is 1. The van der Waals surface area contributed by atoms with Crippen LogP contribution in [-0.4, -0.2) is 36.5 Å². The smallest absolute Gasteiger partial charge is 0.239 e. The second-order valence-corrected chi connectivity index (χ2v) is 3.70. The zero-order valence-electron chi connectivity index (χ0n) is 9.23. The summed E-state index contributed by atoms with van der Waals surface area (Å²) in [5.74, 6) is -0.0831. The van der Waals surface area contributed by atoms with Crippen LogP contribution >= 0.6 is 12.2 Å². The number of likely N-dealkylation sites (N-methyl/N-ethyl adjacent to an activating group) is 2. The minimum Gasteiger partial charge on any atom is -0.388 e. The highest BCUT2D eigenvalue weighted by Gasteiger charge is 2.12. The van der Waals surface area contributed by atoms with E-state index in [1.807, 2.05) is 6.07 Å². The van der Waals surface area contributed by atoms with Gasteiger partial charge in [-0.2, -0.15) is 0 Å². The van der Waals surface area contributed by atoms with Crippen LogP contribution in [0.2, 0.25) is 0 Å². The van der Waals surface area contributed by atoms with Crippen molar-refractivity contribution < 1.29 is 4.79 Å². The number of hydrogen-bond donors (Lipinski definition) is 2. The summed E-state index contributed by atoms with van der Waals surface area (Å²) >= 11 is 4.90. The third-order valence-electron chi connectivity index (χ3n) is 2.09. The molecule has 0 spiro atoms. The van der Waals surface area contributed by atoms with Crippen LogP contribution in [-0.2, 0) is 4.79 Å². The topological polar surface area (TPSA) is 71.2 Å². The van der Waals surface area contributed by atoms with Gasteiger partial charge in [0.1, 0.15) is 10.7 Å². The number of rotatable bonds is 4. The standard InChI is InChI=1S/C10H14N4OS/c1-12-8(15)6-14(2)7-4-3-5-13-9(7)10(11)16/h3-5H,6H2,1-2H3,(H2,11,16)(H,12,15). The lowest BCUT2D eigenvalue weighted by atomic mass is 10.2. The maximum atomic E-state index is 11.2. The van der Waals surface area contributed by atoms with E-state index < -0.39 is 0 Å². The lowest BCUT2D eigenvalue weighted by molar-refractivity contribution is -0.119. The summed E-state index contributed by atoms with van der Waals surface area (Å²) < 4.78 is 0. The van der Waals surface area contributed by atoms with Crippen LogP contribution in [0.1, 0.15) is 5.69 Å². The molecule has 0 aliphatic rings. The Hall–Kier alpha value is -1.69. The van der Waals surface area contributed by atoms with E-state index >= 15 is 0 Å². The summed E-state index contributed by atoms with van der Waals surface area (Å²) in [6, 6.07) is 3.60. The van der Waals surface area contributed by atoms with Crippen LogP contribution in [0.25, 0.3) is 0 Å². The van der Waals surface area contributed by atoms with Crippen LogP contribution in [0.5, 0.6) is 0 Å². The van der Waals surface area contributed by atoms with Gasteiger partial charge in [0.05, 0.1) is 12.2 Å². The summed E-state index contributed by atoms with van der Waals surface area (Å²) in [4.78, 5) is 17.3. The third kappa shape index (κ3) is 2.90. The van der Waals surface area contributed by atoms with Gasteiger partial charge in [0.25, 0.3) is 0 Å². The Kier molecular flexibility index (Phi) is 4.19. The maximum Gasteiger partial charge on any atom is 0.239 e. The number of amides is 1. The number of nitrogens with zero attached hydrogens (tertiary/aromatic N) is 2. The van der Waals surface area contributed by atoms with Crippen molar-refractivity contribution in [2.75, 3.05) is 25.5 Å². The number of nitrogens with two attached hydrogens (primary N) is 1. The van der Waals surface area contributed by atoms with Gasteiger partial charge in [0, 0.05) is 20.3 Å². The van der Waals surface area contributed by atoms with Crippen molar-refractivity contribution in [3.05, 3.63) is 24.0 Å². The number of aromatic nitrogens is 1. The molecule has 1 amide bonds. The SMILES string of the molecule is CNC(=O)CN(C)c1cccnc1C(N)=S. The first-order valence-electron chi connectivity index (χ1n) is 4.72. The van der Waals surface area contributed by atoms with Gasteiger partial charge in [-0.15, -0.1) is 0 Å². The fraction of sp³-hybridized carbons (Fsp3) is 0.300. The summed E-state index contributed by atoms with van der Waals surface area (Å²) in [5, 5.41) is 2.55. The molecular weight excluding hydrogens is 224 g/mol. The highest BCUT2D eigenvalue weighted by Crippen LogP contribution is 2.16. The first kappa shape index (κ1) is 12.4. The molecule has 0 fully saturated rings. The van der Waals surface area contributed by atoms with E-state index in [-0.39, 0.29) is 17.4 Å². The molecule has 1 aromatic rings. The number of hydrogen-bond acceptors (Lipinski definition) is 4. The molecule has 0 atom stereocenters. The van der Waals surface area contributed by atoms with E-state index in [0.29, 0.717) is 5.69 Å². The average molecular weight is 238 g/mol. The Morgan fingerprint density at radius 1 is 1.69 bits per heavy atom. The van der Waals surface area contributed by atoms with Gasteiger partial charge in [0.15, 0.2) is 0 Å². The highest BCUT2D eigenvalue weighted by atomic mass is 32.1. The van der Waals surface area contributed by atoms with E-state index in [1.165, 1.54) is 0 Å². The molecule has 0 saturated heterocycles. The van der Waals surface area contributed by atoms with Crippen LogP contribution in [0.4, 0.5) is 5.69 Å². The zero-order valence-corrected chi connectivity index (χ0v) is 10.0. The molecule has 1 heterocycles. The minimum atomic E-state index is -0.0831. The Bertz CT molecular complexity index is 408. The van der Waals surface area contributed by atoms with Gasteiger partial charge < -0.3 is 16.0 Å². The first-order chi connectivity index (χ1) is 7.56. The Morgan fingerprint density at radius 2 is 2.38 bits per heavy atom. The van der Waals surface area contributed by atoms with Gasteiger partial charge >= 0.3 is 0 Å². The van der Waals surface area contributed by atoms with Crippen molar-refractivity contribution >= 4 is 28.8 Å². The molecule has 5 nitrogen and oxygen atoms in total. The van der Waals surface area contributed by atoms with Crippen molar-refractivity contribution in [3.8, 4) is 0 Å². The molecule has 0 aliphatic carbocycles. The molecular formula is C10H14N4OS. The Morgan fingerprint density at radius 3 is 2.94 bits per heavy atom. The predicted molar refractivity (Wildman–Crippen MR) is 67.5 cm³/mol. The molecule has 86 valence electrons. The van der Waals surface area contributed by atoms with E-state index in [4.69, 9.17) is 18.0 Å². The zero-order chi connectivity index (χ0) is 12.1. The summed E-state index contributed by atoms with van der Waals surface area (Å²) in [6.07, 6.45) is 1.62. The molecule has 0 unspecified atom stereocenters. The van der Waals surface area contributed by atoms with E-state index in [1.54, 1.807) is 31.3 Å². The molecule has 0 bridgehead atoms. The second kappa shape index (κ2) is 5.41. The molecule has 0 aliphatic heterocycles. The lowest BCUT2D eigenvalue weighted by Crippen LogP contribution is -2.34. The molecule has 16 heavy (non-hydrogen) atoms. The maximum absolute atomic E-state index is 11.2. The van der Waals surface area contributed by atoms with Crippen LogP contribution in [0.3, 0.4) is 0 Å². The van der Waals surface area contributed by atoms with Gasteiger partial charge in [-0.25, -0.2) is 0 Å². The quantitative estimate of drug-likeness (QED) is 0.717. The van der Waals surface area contributed by atoms with Gasteiger partial charge in [-0.05, 0) is 12.1 Å². The lowest BCUT2D eigenvalue weighted by Gasteiger charge is -2.20.